The SMILES string of the molecule is CC(C)=CCN1C(=O)[C@H]2CC[C@@H]1CN(C(=O)CCn1ccnc1C)C2. The highest BCUT2D eigenvalue weighted by Gasteiger charge is 2.41. The van der Waals surface area contributed by atoms with Crippen LogP contribution in [0.25, 0.3) is 0 Å². The first-order valence-electron chi connectivity index (χ1n) is 9.15. The van der Waals surface area contributed by atoms with Crippen LogP contribution in [0.1, 0.15) is 38.9 Å². The van der Waals surface area contributed by atoms with Crippen molar-refractivity contribution < 1.29 is 9.59 Å². The molecule has 1 aromatic rings. The van der Waals surface area contributed by atoms with Gasteiger partial charge in [0.15, 0.2) is 0 Å². The zero-order valence-electron chi connectivity index (χ0n) is 15.4. The Hall–Kier alpha value is -2.11. The summed E-state index contributed by atoms with van der Waals surface area (Å²) in [6.45, 7) is 8.59. The molecule has 2 amide bonds. The molecule has 4 rings (SSSR count). The van der Waals surface area contributed by atoms with Gasteiger partial charge in [0.1, 0.15) is 5.82 Å². The third kappa shape index (κ3) is 3.94. The van der Waals surface area contributed by atoms with E-state index in [4.69, 9.17) is 0 Å². The Labute approximate surface area is 149 Å². The Kier molecular flexibility index (Phi) is 5.25. The van der Waals surface area contributed by atoms with Gasteiger partial charge in [0, 0.05) is 51.0 Å². The van der Waals surface area contributed by atoms with Gasteiger partial charge in [0.2, 0.25) is 11.8 Å². The molecule has 1 aromatic heterocycles. The second-order valence-corrected chi connectivity index (χ2v) is 7.42. The smallest absolute Gasteiger partial charge is 0.228 e. The Morgan fingerprint density at radius 3 is 2.80 bits per heavy atom. The topological polar surface area (TPSA) is 58.4 Å². The maximum absolute atomic E-state index is 12.7. The molecule has 0 aromatic carbocycles. The first kappa shape index (κ1) is 17.7. The molecule has 25 heavy (non-hydrogen) atoms. The molecule has 0 spiro atoms. The second kappa shape index (κ2) is 7.42. The van der Waals surface area contributed by atoms with Crippen molar-refractivity contribution in [3.8, 4) is 0 Å². The maximum atomic E-state index is 12.7. The maximum Gasteiger partial charge on any atom is 0.228 e. The number of hydrogen-bond acceptors (Lipinski definition) is 3. The van der Waals surface area contributed by atoms with E-state index in [2.05, 4.69) is 24.9 Å². The monoisotopic (exact) mass is 344 g/mol. The highest BCUT2D eigenvalue weighted by Crippen LogP contribution is 2.29. The van der Waals surface area contributed by atoms with Crippen molar-refractivity contribution in [2.45, 2.75) is 52.6 Å². The molecule has 136 valence electrons. The van der Waals surface area contributed by atoms with Crippen LogP contribution in [0.3, 0.4) is 0 Å². The molecule has 6 nitrogen and oxygen atoms in total. The number of hydrogen-bond donors (Lipinski definition) is 0. The minimum Gasteiger partial charge on any atom is -0.340 e. The van der Waals surface area contributed by atoms with E-state index in [1.807, 2.05) is 27.5 Å². The number of amides is 2. The summed E-state index contributed by atoms with van der Waals surface area (Å²) in [4.78, 5) is 33.5. The highest BCUT2D eigenvalue weighted by molar-refractivity contribution is 5.83. The molecule has 0 unspecified atom stereocenters. The molecular weight excluding hydrogens is 316 g/mol. The quantitative estimate of drug-likeness (QED) is 0.768. The fourth-order valence-electron chi connectivity index (χ4n) is 3.78. The van der Waals surface area contributed by atoms with Crippen molar-refractivity contribution in [2.24, 2.45) is 5.92 Å². The van der Waals surface area contributed by atoms with E-state index in [1.165, 1.54) is 5.57 Å². The minimum absolute atomic E-state index is 0.0387. The number of fused-ring (bicyclic) bond motifs is 4. The van der Waals surface area contributed by atoms with Crippen LogP contribution >= 0.6 is 0 Å². The van der Waals surface area contributed by atoms with Crippen LogP contribution in [0.2, 0.25) is 0 Å². The summed E-state index contributed by atoms with van der Waals surface area (Å²) in [5.74, 6) is 1.24. The first-order valence-corrected chi connectivity index (χ1v) is 9.15. The van der Waals surface area contributed by atoms with E-state index >= 15 is 0 Å². The Balaban J connectivity index is 1.64. The molecule has 4 heterocycles. The minimum atomic E-state index is -0.0387. The van der Waals surface area contributed by atoms with Crippen LogP contribution in [0.15, 0.2) is 24.0 Å². The molecule has 6 heteroatoms. The number of carbonyl (C=O) groups excluding carboxylic acids is 2. The van der Waals surface area contributed by atoms with Crippen molar-refractivity contribution in [2.75, 3.05) is 19.6 Å². The van der Waals surface area contributed by atoms with Crippen LogP contribution < -0.4 is 0 Å². The van der Waals surface area contributed by atoms with E-state index < -0.39 is 0 Å². The molecule has 3 fully saturated rings. The summed E-state index contributed by atoms with van der Waals surface area (Å²) >= 11 is 0. The average Bonchev–Trinajstić information content (AvgIpc) is 2.80. The number of allylic oxidation sites excluding steroid dienone is 1. The fourth-order valence-corrected chi connectivity index (χ4v) is 3.78. The van der Waals surface area contributed by atoms with E-state index in [1.54, 1.807) is 6.20 Å². The lowest BCUT2D eigenvalue weighted by molar-refractivity contribution is -0.139. The summed E-state index contributed by atoms with van der Waals surface area (Å²) in [6.07, 6.45) is 8.12. The first-order chi connectivity index (χ1) is 12.0. The third-order valence-corrected chi connectivity index (χ3v) is 5.33. The summed E-state index contributed by atoms with van der Waals surface area (Å²) in [5.41, 5.74) is 1.22. The van der Waals surface area contributed by atoms with Crippen LogP contribution in [-0.4, -0.2) is 56.8 Å². The van der Waals surface area contributed by atoms with E-state index in [0.717, 1.165) is 18.7 Å². The normalized spacial score (nSPS) is 22.9. The number of imidazole rings is 1. The van der Waals surface area contributed by atoms with Crippen molar-refractivity contribution in [1.82, 2.24) is 19.4 Å². The standard InChI is InChI=1S/C19H28N4O2/c1-14(2)6-10-23-17-5-4-16(19(23)25)12-22(13-17)18(24)7-9-21-11-8-20-15(21)3/h6,8,11,16-17H,4-5,7,9-10,12-13H2,1-3H3/t16-,17+/m0/s1. The van der Waals surface area contributed by atoms with Gasteiger partial charge < -0.3 is 14.4 Å². The van der Waals surface area contributed by atoms with Gasteiger partial charge in [-0.3, -0.25) is 9.59 Å². The summed E-state index contributed by atoms with van der Waals surface area (Å²) in [7, 11) is 0. The van der Waals surface area contributed by atoms with Crippen LogP contribution in [-0.2, 0) is 16.1 Å². The summed E-state index contributed by atoms with van der Waals surface area (Å²) in [6, 6.07) is 0.154. The predicted molar refractivity (Wildman–Crippen MR) is 95.8 cm³/mol. The van der Waals surface area contributed by atoms with Gasteiger partial charge in [-0.25, -0.2) is 4.98 Å². The lowest BCUT2D eigenvalue weighted by Gasteiger charge is -2.35. The zero-order chi connectivity index (χ0) is 18.0. The Morgan fingerprint density at radius 2 is 2.12 bits per heavy atom. The van der Waals surface area contributed by atoms with Crippen LogP contribution in [0.5, 0.6) is 0 Å². The third-order valence-electron chi connectivity index (χ3n) is 5.33. The molecule has 0 aliphatic carbocycles. The fraction of sp³-hybridized carbons (Fsp3) is 0.632. The van der Waals surface area contributed by atoms with Crippen molar-refractivity contribution in [3.05, 3.63) is 29.9 Å². The van der Waals surface area contributed by atoms with Gasteiger partial charge in [-0.05, 0) is 33.6 Å². The predicted octanol–water partition coefficient (Wildman–Crippen LogP) is 2.00. The molecule has 2 bridgehead atoms. The van der Waals surface area contributed by atoms with Gasteiger partial charge in [0.05, 0.1) is 5.92 Å². The number of aryl methyl sites for hydroxylation is 2. The molecule has 0 N–H and O–H groups in total. The summed E-state index contributed by atoms with van der Waals surface area (Å²) in [5, 5.41) is 0. The van der Waals surface area contributed by atoms with Gasteiger partial charge in [-0.1, -0.05) is 11.6 Å². The van der Waals surface area contributed by atoms with Crippen LogP contribution in [0.4, 0.5) is 0 Å². The highest BCUT2D eigenvalue weighted by atomic mass is 16.2. The molecule has 0 saturated carbocycles. The molecule has 3 aliphatic heterocycles. The van der Waals surface area contributed by atoms with Crippen molar-refractivity contribution in [1.29, 1.82) is 0 Å². The lowest BCUT2D eigenvalue weighted by atomic mass is 9.94. The number of carbonyl (C=O) groups is 2. The van der Waals surface area contributed by atoms with Gasteiger partial charge in [0.25, 0.3) is 0 Å². The number of rotatable bonds is 5. The van der Waals surface area contributed by atoms with Crippen LogP contribution in [0, 0.1) is 12.8 Å². The Bertz CT molecular complexity index is 675. The molecule has 3 aliphatic rings. The molecule has 3 saturated heterocycles. The zero-order valence-corrected chi connectivity index (χ0v) is 15.4. The van der Waals surface area contributed by atoms with Crippen molar-refractivity contribution in [3.63, 3.8) is 0 Å². The largest absolute Gasteiger partial charge is 0.340 e. The molecule has 2 atom stereocenters. The average molecular weight is 344 g/mol. The molecular formula is C19H28N4O2. The van der Waals surface area contributed by atoms with Gasteiger partial charge in [-0.15, -0.1) is 0 Å². The Morgan fingerprint density at radius 1 is 1.32 bits per heavy atom. The van der Waals surface area contributed by atoms with Crippen molar-refractivity contribution >= 4 is 11.8 Å². The number of nitrogens with zero attached hydrogens (tertiary/aromatic N) is 4. The number of aromatic nitrogens is 2. The van der Waals surface area contributed by atoms with E-state index in [9.17, 15) is 9.59 Å². The van der Waals surface area contributed by atoms with Gasteiger partial charge in [-0.2, -0.15) is 0 Å². The number of piperidine rings is 1. The van der Waals surface area contributed by atoms with E-state index in [-0.39, 0.29) is 23.8 Å². The second-order valence-electron chi connectivity index (χ2n) is 7.42. The molecule has 0 radical (unpaired) electrons. The summed E-state index contributed by atoms with van der Waals surface area (Å²) < 4.78 is 2.00. The lowest BCUT2D eigenvalue weighted by Crippen LogP contribution is -2.48. The van der Waals surface area contributed by atoms with E-state index in [0.29, 0.717) is 32.6 Å². The van der Waals surface area contributed by atoms with Gasteiger partial charge >= 0.3 is 0 Å².